The summed E-state index contributed by atoms with van der Waals surface area (Å²) in [6.07, 6.45) is 0.590. The van der Waals surface area contributed by atoms with Gasteiger partial charge in [0, 0.05) is 12.5 Å². The molecule has 16 heavy (non-hydrogen) atoms. The van der Waals surface area contributed by atoms with Crippen LogP contribution in [0.5, 0.6) is 0 Å². The lowest BCUT2D eigenvalue weighted by Crippen LogP contribution is -2.11. The molecule has 0 N–H and O–H groups in total. The van der Waals surface area contributed by atoms with Crippen molar-refractivity contribution in [3.63, 3.8) is 0 Å². The van der Waals surface area contributed by atoms with Crippen molar-refractivity contribution in [2.75, 3.05) is 0 Å². The summed E-state index contributed by atoms with van der Waals surface area (Å²) in [5, 5.41) is 3.68. The smallest absolute Gasteiger partial charge is 0.303 e. The highest BCUT2D eigenvalue weighted by atomic mass is 16.5. The first-order chi connectivity index (χ1) is 7.77. The van der Waals surface area contributed by atoms with Crippen LogP contribution in [0, 0.1) is 0 Å². The summed E-state index contributed by atoms with van der Waals surface area (Å²) in [6, 6.07) is 9.26. The lowest BCUT2D eigenvalue weighted by Gasteiger charge is -2.13. The number of carbonyl (C=O) groups is 1. The van der Waals surface area contributed by atoms with Crippen LogP contribution < -0.4 is 0 Å². The number of benzene rings is 1. The predicted molar refractivity (Wildman–Crippen MR) is 54.3 cm³/mol. The molecule has 0 aliphatic heterocycles. The van der Waals surface area contributed by atoms with Gasteiger partial charge in [0.25, 0.3) is 0 Å². The number of nitrogens with zero attached hydrogens (tertiary/aromatic N) is 2. The fraction of sp³-hybridized carbons (Fsp3) is 0.182. The number of rotatable bonds is 3. The van der Waals surface area contributed by atoms with E-state index < -0.39 is 12.1 Å². The topological polar surface area (TPSA) is 65.2 Å². The van der Waals surface area contributed by atoms with Crippen LogP contribution in [0.2, 0.25) is 0 Å². The average Bonchev–Trinajstić information content (AvgIpc) is 2.80. The van der Waals surface area contributed by atoms with Gasteiger partial charge in [-0.1, -0.05) is 35.5 Å². The number of hydrogen-bond donors (Lipinski definition) is 0. The Morgan fingerprint density at radius 3 is 2.69 bits per heavy atom. The van der Waals surface area contributed by atoms with E-state index in [0.29, 0.717) is 5.82 Å². The first-order valence-electron chi connectivity index (χ1n) is 4.76. The summed E-state index contributed by atoms with van der Waals surface area (Å²) < 4.78 is 9.80. The Labute approximate surface area is 92.0 Å². The second-order valence-corrected chi connectivity index (χ2v) is 3.19. The minimum Gasteiger partial charge on any atom is -0.449 e. The van der Waals surface area contributed by atoms with Crippen molar-refractivity contribution in [2.45, 2.75) is 13.0 Å². The number of ether oxygens (including phenoxy) is 1. The number of esters is 1. The Morgan fingerprint density at radius 1 is 1.38 bits per heavy atom. The summed E-state index contributed by atoms with van der Waals surface area (Å²) in [5.41, 5.74) is 0.805. The zero-order valence-electron chi connectivity index (χ0n) is 8.66. The third-order valence-corrected chi connectivity index (χ3v) is 2.00. The van der Waals surface area contributed by atoms with E-state index in [4.69, 9.17) is 4.74 Å². The molecule has 0 amide bonds. The van der Waals surface area contributed by atoms with E-state index in [0.717, 1.165) is 5.56 Å². The molecule has 1 unspecified atom stereocenters. The zero-order valence-corrected chi connectivity index (χ0v) is 8.66. The van der Waals surface area contributed by atoms with E-state index >= 15 is 0 Å². The molecule has 0 aliphatic rings. The molecule has 0 radical (unpaired) electrons. The molecule has 0 bridgehead atoms. The fourth-order valence-corrected chi connectivity index (χ4v) is 1.36. The van der Waals surface area contributed by atoms with Gasteiger partial charge in [0.15, 0.2) is 6.10 Å². The minimum absolute atomic E-state index is 0.335. The molecule has 0 aliphatic carbocycles. The molecule has 1 atom stereocenters. The van der Waals surface area contributed by atoms with Gasteiger partial charge in [-0.2, -0.15) is 4.98 Å². The molecular weight excluding hydrogens is 208 g/mol. The average molecular weight is 218 g/mol. The first kappa shape index (κ1) is 10.4. The molecule has 0 saturated heterocycles. The Kier molecular flexibility index (Phi) is 2.95. The molecule has 1 aromatic heterocycles. The summed E-state index contributed by atoms with van der Waals surface area (Å²) >= 11 is 0. The molecule has 5 heteroatoms. The molecule has 0 saturated carbocycles. The highest BCUT2D eigenvalue weighted by Gasteiger charge is 2.21. The van der Waals surface area contributed by atoms with Crippen LogP contribution in [-0.4, -0.2) is 16.1 Å². The van der Waals surface area contributed by atoms with E-state index in [1.807, 2.05) is 30.3 Å². The van der Waals surface area contributed by atoms with Crippen molar-refractivity contribution < 1.29 is 14.1 Å². The molecule has 5 nitrogen and oxygen atoms in total. The second-order valence-electron chi connectivity index (χ2n) is 3.19. The third kappa shape index (κ3) is 2.25. The van der Waals surface area contributed by atoms with E-state index in [1.54, 1.807) is 0 Å². The quantitative estimate of drug-likeness (QED) is 0.734. The summed E-state index contributed by atoms with van der Waals surface area (Å²) in [4.78, 5) is 14.9. The molecule has 2 aromatic rings. The molecule has 0 spiro atoms. The van der Waals surface area contributed by atoms with E-state index in [2.05, 4.69) is 14.7 Å². The van der Waals surface area contributed by atoms with E-state index in [1.165, 1.54) is 13.3 Å². The van der Waals surface area contributed by atoms with Crippen molar-refractivity contribution in [1.29, 1.82) is 0 Å². The van der Waals surface area contributed by atoms with Crippen LogP contribution in [0.3, 0.4) is 0 Å². The van der Waals surface area contributed by atoms with Crippen LogP contribution in [0.4, 0.5) is 0 Å². The van der Waals surface area contributed by atoms with Crippen molar-refractivity contribution in [3.05, 3.63) is 48.1 Å². The first-order valence-corrected chi connectivity index (χ1v) is 4.76. The van der Waals surface area contributed by atoms with Gasteiger partial charge in [0.2, 0.25) is 12.2 Å². The van der Waals surface area contributed by atoms with Crippen LogP contribution in [0.25, 0.3) is 0 Å². The van der Waals surface area contributed by atoms with Gasteiger partial charge in [-0.25, -0.2) is 0 Å². The zero-order chi connectivity index (χ0) is 11.4. The molecular formula is C11H10N2O3. The summed E-state index contributed by atoms with van der Waals surface area (Å²) in [6.45, 7) is 1.34. The van der Waals surface area contributed by atoms with Crippen molar-refractivity contribution >= 4 is 5.97 Å². The van der Waals surface area contributed by atoms with Crippen molar-refractivity contribution in [3.8, 4) is 0 Å². The van der Waals surface area contributed by atoms with E-state index in [-0.39, 0.29) is 0 Å². The summed E-state index contributed by atoms with van der Waals surface area (Å²) in [7, 11) is 0. The summed E-state index contributed by atoms with van der Waals surface area (Å²) in [5.74, 6) is -0.0555. The SMILES string of the molecule is CC(=O)OC(c1ccccc1)c1ncon1. The van der Waals surface area contributed by atoms with Gasteiger partial charge in [-0.05, 0) is 0 Å². The number of aromatic nitrogens is 2. The maximum atomic E-state index is 11.0. The predicted octanol–water partition coefficient (Wildman–Crippen LogP) is 1.72. The standard InChI is InChI=1S/C11H10N2O3/c1-8(14)16-10(11-12-7-15-13-11)9-5-3-2-4-6-9/h2-7,10H,1H3. The highest BCUT2D eigenvalue weighted by Crippen LogP contribution is 2.22. The van der Waals surface area contributed by atoms with Gasteiger partial charge in [-0.3, -0.25) is 4.79 Å². The molecule has 1 aromatic carbocycles. The fourth-order valence-electron chi connectivity index (χ4n) is 1.36. The van der Waals surface area contributed by atoms with Crippen molar-refractivity contribution in [2.24, 2.45) is 0 Å². The minimum atomic E-state index is -0.613. The van der Waals surface area contributed by atoms with Gasteiger partial charge in [0.05, 0.1) is 0 Å². The van der Waals surface area contributed by atoms with Gasteiger partial charge >= 0.3 is 5.97 Å². The Bertz CT molecular complexity index is 453. The number of hydrogen-bond acceptors (Lipinski definition) is 5. The van der Waals surface area contributed by atoms with Gasteiger partial charge < -0.3 is 9.26 Å². The molecule has 1 heterocycles. The maximum absolute atomic E-state index is 11.0. The normalized spacial score (nSPS) is 12.1. The van der Waals surface area contributed by atoms with E-state index in [9.17, 15) is 4.79 Å². The Hall–Kier alpha value is -2.17. The second kappa shape index (κ2) is 4.57. The Balaban J connectivity index is 2.32. The van der Waals surface area contributed by atoms with Crippen LogP contribution in [0.15, 0.2) is 41.2 Å². The van der Waals surface area contributed by atoms with Crippen LogP contribution in [0.1, 0.15) is 24.4 Å². The van der Waals surface area contributed by atoms with Gasteiger partial charge in [-0.15, -0.1) is 0 Å². The molecule has 2 rings (SSSR count). The van der Waals surface area contributed by atoms with Gasteiger partial charge in [0.1, 0.15) is 0 Å². The highest BCUT2D eigenvalue weighted by molar-refractivity contribution is 5.66. The third-order valence-electron chi connectivity index (χ3n) is 2.00. The lowest BCUT2D eigenvalue weighted by atomic mass is 10.1. The van der Waals surface area contributed by atoms with Crippen LogP contribution >= 0.6 is 0 Å². The molecule has 82 valence electrons. The monoisotopic (exact) mass is 218 g/mol. The Morgan fingerprint density at radius 2 is 2.12 bits per heavy atom. The largest absolute Gasteiger partial charge is 0.449 e. The maximum Gasteiger partial charge on any atom is 0.303 e. The van der Waals surface area contributed by atoms with Crippen LogP contribution in [-0.2, 0) is 9.53 Å². The lowest BCUT2D eigenvalue weighted by molar-refractivity contribution is -0.145. The van der Waals surface area contributed by atoms with Crippen molar-refractivity contribution in [1.82, 2.24) is 10.1 Å². The number of carbonyl (C=O) groups excluding carboxylic acids is 1. The molecule has 0 fully saturated rings.